The van der Waals surface area contributed by atoms with Gasteiger partial charge in [-0.3, -0.25) is 19.4 Å². The Balaban J connectivity index is 1.70. The molecule has 1 saturated carbocycles. The second kappa shape index (κ2) is 10.4. The Kier molecular flexibility index (Phi) is 7.30. The van der Waals surface area contributed by atoms with E-state index in [0.29, 0.717) is 53.8 Å². The molecule has 1 fully saturated rings. The topological polar surface area (TPSA) is 113 Å². The number of aryl methyl sites for hydroxylation is 1. The highest BCUT2D eigenvalue weighted by Gasteiger charge is 2.32. The van der Waals surface area contributed by atoms with Crippen LogP contribution in [0.15, 0.2) is 42.7 Å². The van der Waals surface area contributed by atoms with Gasteiger partial charge >= 0.3 is 0 Å². The van der Waals surface area contributed by atoms with Crippen LogP contribution in [-0.2, 0) is 11.8 Å². The Morgan fingerprint density at radius 3 is 2.36 bits per heavy atom. The Morgan fingerprint density at radius 1 is 1.06 bits per heavy atom. The van der Waals surface area contributed by atoms with Gasteiger partial charge in [0.25, 0.3) is 17.6 Å². The highest BCUT2D eigenvalue weighted by atomic mass is 19.1. The Hall–Kier alpha value is -3.85. The van der Waals surface area contributed by atoms with Gasteiger partial charge in [-0.2, -0.15) is 0 Å². The molecule has 36 heavy (non-hydrogen) atoms. The number of hydrogen-bond donors (Lipinski definition) is 3. The van der Waals surface area contributed by atoms with E-state index < -0.39 is 17.6 Å². The molecule has 0 spiro atoms. The number of aliphatic hydroxyl groups excluding tert-OH is 1. The molecule has 1 aliphatic carbocycles. The van der Waals surface area contributed by atoms with Gasteiger partial charge in [-0.25, -0.2) is 4.39 Å². The van der Waals surface area contributed by atoms with E-state index in [-0.39, 0.29) is 29.2 Å². The minimum atomic E-state index is -0.748. The van der Waals surface area contributed by atoms with Crippen molar-refractivity contribution in [1.29, 1.82) is 0 Å². The summed E-state index contributed by atoms with van der Waals surface area (Å²) in [6.07, 6.45) is 5.11. The third kappa shape index (κ3) is 5.06. The molecule has 4 rings (SSSR count). The number of nitrogens with one attached hydrogen (secondary N) is 2. The molecule has 2 amide bonds. The number of ketones is 1. The van der Waals surface area contributed by atoms with Crippen molar-refractivity contribution in [2.45, 2.75) is 51.7 Å². The van der Waals surface area contributed by atoms with Gasteiger partial charge < -0.3 is 20.3 Å². The maximum Gasteiger partial charge on any atom is 0.294 e. The Morgan fingerprint density at radius 2 is 1.72 bits per heavy atom. The molecule has 0 atom stereocenters. The summed E-state index contributed by atoms with van der Waals surface area (Å²) in [7, 11) is 1.64. The summed E-state index contributed by atoms with van der Waals surface area (Å²) in [6, 6.07) is 7.51. The number of halogens is 1. The molecule has 1 aromatic carbocycles. The second-order valence-corrected chi connectivity index (χ2v) is 9.22. The average molecular weight is 493 g/mol. The molecule has 0 radical (unpaired) electrons. The van der Waals surface area contributed by atoms with E-state index in [9.17, 15) is 23.9 Å². The number of aromatic nitrogens is 2. The quantitative estimate of drug-likeness (QED) is 0.359. The largest absolute Gasteiger partial charge is 0.393 e. The summed E-state index contributed by atoms with van der Waals surface area (Å²) in [5, 5.41) is 15.3. The maximum atomic E-state index is 13.7. The second-order valence-electron chi connectivity index (χ2n) is 9.22. The number of carbonyl (C=O) groups is 3. The first-order chi connectivity index (χ1) is 17.2. The van der Waals surface area contributed by atoms with E-state index in [2.05, 4.69) is 15.6 Å². The molecule has 0 aliphatic heterocycles. The number of Topliss-reactive ketones (excluding diaryl/α,β-unsaturated/α-hetero) is 1. The van der Waals surface area contributed by atoms with Crippen LogP contribution in [0.4, 0.5) is 10.1 Å². The van der Waals surface area contributed by atoms with E-state index in [1.54, 1.807) is 50.0 Å². The number of rotatable bonds is 6. The number of hydrogen-bond acceptors (Lipinski definition) is 5. The molecule has 0 bridgehead atoms. The summed E-state index contributed by atoms with van der Waals surface area (Å²) in [4.78, 5) is 43.7. The maximum absolute atomic E-state index is 13.7. The molecule has 2 aromatic heterocycles. The van der Waals surface area contributed by atoms with Crippen molar-refractivity contribution in [1.82, 2.24) is 14.9 Å². The van der Waals surface area contributed by atoms with Crippen LogP contribution in [0.1, 0.15) is 57.7 Å². The van der Waals surface area contributed by atoms with E-state index >= 15 is 0 Å². The number of aliphatic hydroxyl groups is 1. The van der Waals surface area contributed by atoms with Crippen LogP contribution in [0.2, 0.25) is 0 Å². The molecular weight excluding hydrogens is 463 g/mol. The van der Waals surface area contributed by atoms with E-state index in [1.165, 1.54) is 18.2 Å². The highest BCUT2D eigenvalue weighted by Crippen LogP contribution is 2.32. The summed E-state index contributed by atoms with van der Waals surface area (Å²) in [6.45, 7) is 3.23. The summed E-state index contributed by atoms with van der Waals surface area (Å²) in [5.74, 6) is -2.36. The molecular formula is C27H29FN4O4. The smallest absolute Gasteiger partial charge is 0.294 e. The number of nitrogens with zero attached hydrogens (tertiary/aromatic N) is 2. The summed E-state index contributed by atoms with van der Waals surface area (Å²) >= 11 is 0. The monoisotopic (exact) mass is 492 g/mol. The number of amides is 2. The molecule has 0 unspecified atom stereocenters. The molecule has 3 aromatic rings. The van der Waals surface area contributed by atoms with Crippen LogP contribution in [0.5, 0.6) is 0 Å². The van der Waals surface area contributed by atoms with Crippen LogP contribution in [-0.4, -0.2) is 44.4 Å². The van der Waals surface area contributed by atoms with Gasteiger partial charge in [-0.15, -0.1) is 0 Å². The zero-order valence-corrected chi connectivity index (χ0v) is 20.5. The molecule has 3 N–H and O–H groups in total. The van der Waals surface area contributed by atoms with Crippen molar-refractivity contribution in [3.05, 3.63) is 70.9 Å². The molecule has 0 saturated heterocycles. The molecule has 8 nitrogen and oxygen atoms in total. The van der Waals surface area contributed by atoms with Gasteiger partial charge in [-0.1, -0.05) is 0 Å². The molecule has 2 heterocycles. The molecule has 188 valence electrons. The SMILES string of the molecule is Cc1cc(NC(=O)c2c(C)c(C(=O)C(=O)N[C@H]3CC[C@@H](O)CC3)n(C)c2-c2ccncc2)ccc1F. The van der Waals surface area contributed by atoms with E-state index in [0.717, 1.165) is 0 Å². The minimum absolute atomic E-state index is 0.107. The number of benzene rings is 1. The fraction of sp³-hybridized carbons (Fsp3) is 0.333. The van der Waals surface area contributed by atoms with Crippen molar-refractivity contribution < 1.29 is 23.9 Å². The lowest BCUT2D eigenvalue weighted by Crippen LogP contribution is -2.42. The fourth-order valence-electron chi connectivity index (χ4n) is 4.77. The zero-order chi connectivity index (χ0) is 26.0. The third-order valence-corrected chi connectivity index (χ3v) is 6.69. The first-order valence-corrected chi connectivity index (χ1v) is 11.9. The van der Waals surface area contributed by atoms with Gasteiger partial charge in [0.1, 0.15) is 5.82 Å². The van der Waals surface area contributed by atoms with Gasteiger partial charge in [0.05, 0.1) is 23.1 Å². The third-order valence-electron chi connectivity index (χ3n) is 6.69. The van der Waals surface area contributed by atoms with Crippen LogP contribution >= 0.6 is 0 Å². The lowest BCUT2D eigenvalue weighted by molar-refractivity contribution is -0.118. The predicted molar refractivity (Wildman–Crippen MR) is 133 cm³/mol. The first-order valence-electron chi connectivity index (χ1n) is 11.9. The van der Waals surface area contributed by atoms with Crippen molar-refractivity contribution >= 4 is 23.3 Å². The normalized spacial score (nSPS) is 17.5. The zero-order valence-electron chi connectivity index (χ0n) is 20.5. The fourth-order valence-corrected chi connectivity index (χ4v) is 4.77. The van der Waals surface area contributed by atoms with Gasteiger partial charge in [0.2, 0.25) is 0 Å². The Bertz CT molecular complexity index is 1310. The number of anilines is 1. The van der Waals surface area contributed by atoms with Gasteiger partial charge in [0.15, 0.2) is 0 Å². The van der Waals surface area contributed by atoms with Crippen LogP contribution in [0, 0.1) is 19.7 Å². The highest BCUT2D eigenvalue weighted by molar-refractivity contribution is 6.43. The van der Waals surface area contributed by atoms with Gasteiger partial charge in [0, 0.05) is 36.7 Å². The first kappa shape index (κ1) is 25.2. The summed E-state index contributed by atoms with van der Waals surface area (Å²) < 4.78 is 15.3. The molecule has 9 heteroatoms. The average Bonchev–Trinajstić information content (AvgIpc) is 3.12. The number of pyridine rings is 1. The van der Waals surface area contributed by atoms with Gasteiger partial charge in [-0.05, 0) is 81.0 Å². The van der Waals surface area contributed by atoms with E-state index in [1.807, 2.05) is 0 Å². The van der Waals surface area contributed by atoms with Crippen molar-refractivity contribution in [2.75, 3.05) is 5.32 Å². The molecule has 1 aliphatic rings. The lowest BCUT2D eigenvalue weighted by atomic mass is 9.93. The number of carbonyl (C=O) groups excluding carboxylic acids is 3. The standard InChI is InChI=1S/C27H29FN4O4/c1-15-14-19(6-9-21(15)28)31-26(35)22-16(2)23(32(3)24(22)17-10-12-29-13-11-17)25(34)27(36)30-18-4-7-20(33)8-5-18/h6,9-14,18,20,33H,4-5,7-8H2,1-3H3,(H,30,36)(H,31,35)/t18-,20+. The van der Waals surface area contributed by atoms with Crippen LogP contribution in [0.3, 0.4) is 0 Å². The Labute approximate surface area is 208 Å². The van der Waals surface area contributed by atoms with Crippen molar-refractivity contribution in [3.63, 3.8) is 0 Å². The van der Waals surface area contributed by atoms with Crippen molar-refractivity contribution in [3.8, 4) is 11.3 Å². The van der Waals surface area contributed by atoms with Crippen molar-refractivity contribution in [2.24, 2.45) is 7.05 Å². The minimum Gasteiger partial charge on any atom is -0.393 e. The van der Waals surface area contributed by atoms with Crippen LogP contribution < -0.4 is 10.6 Å². The van der Waals surface area contributed by atoms with E-state index in [4.69, 9.17) is 0 Å². The predicted octanol–water partition coefficient (Wildman–Crippen LogP) is 3.70. The summed E-state index contributed by atoms with van der Waals surface area (Å²) in [5.41, 5.74) is 2.61. The van der Waals surface area contributed by atoms with Crippen LogP contribution in [0.25, 0.3) is 11.3 Å². The lowest BCUT2D eigenvalue weighted by Gasteiger charge is -2.25.